The normalized spacial score (nSPS) is 38.0. The molecule has 1 heterocycles. The number of hydrogen-bond acceptors (Lipinski definition) is 3. The second-order valence-electron chi connectivity index (χ2n) is 6.04. The zero-order chi connectivity index (χ0) is 13.0. The van der Waals surface area contributed by atoms with Crippen molar-refractivity contribution in [3.05, 3.63) is 0 Å². The Morgan fingerprint density at radius 3 is 2.67 bits per heavy atom. The molecule has 0 bridgehead atoms. The zero-order valence-electron chi connectivity index (χ0n) is 12.1. The highest BCUT2D eigenvalue weighted by atomic mass is 16.5. The molecule has 4 unspecified atom stereocenters. The molecule has 0 spiro atoms. The van der Waals surface area contributed by atoms with Crippen LogP contribution in [0.3, 0.4) is 0 Å². The fraction of sp³-hybridized carbons (Fsp3) is 1.00. The third-order valence-electron chi connectivity index (χ3n) is 4.89. The largest absolute Gasteiger partial charge is 0.378 e. The summed E-state index contributed by atoms with van der Waals surface area (Å²) in [7, 11) is 0. The molecule has 1 aliphatic heterocycles. The summed E-state index contributed by atoms with van der Waals surface area (Å²) < 4.78 is 5.69. The van der Waals surface area contributed by atoms with Crippen LogP contribution in [0.4, 0.5) is 0 Å². The molecule has 0 aromatic heterocycles. The number of ether oxygens (including phenoxy) is 1. The highest BCUT2D eigenvalue weighted by Crippen LogP contribution is 2.31. The van der Waals surface area contributed by atoms with E-state index in [-0.39, 0.29) is 0 Å². The van der Waals surface area contributed by atoms with Crippen molar-refractivity contribution >= 4 is 0 Å². The van der Waals surface area contributed by atoms with Gasteiger partial charge in [0.05, 0.1) is 6.10 Å². The zero-order valence-corrected chi connectivity index (χ0v) is 12.1. The van der Waals surface area contributed by atoms with Crippen LogP contribution < -0.4 is 5.73 Å². The van der Waals surface area contributed by atoms with Crippen LogP contribution in [0.1, 0.15) is 52.4 Å². The van der Waals surface area contributed by atoms with Gasteiger partial charge in [0, 0.05) is 18.7 Å². The number of hydrogen-bond donors (Lipinski definition) is 1. The maximum Gasteiger partial charge on any atom is 0.0561 e. The van der Waals surface area contributed by atoms with Gasteiger partial charge in [0.15, 0.2) is 0 Å². The topological polar surface area (TPSA) is 38.5 Å². The predicted molar refractivity (Wildman–Crippen MR) is 75.6 cm³/mol. The quantitative estimate of drug-likeness (QED) is 0.837. The van der Waals surface area contributed by atoms with Gasteiger partial charge in [-0.05, 0) is 51.6 Å². The molecule has 0 radical (unpaired) electrons. The Balaban J connectivity index is 2.01. The minimum absolute atomic E-state index is 0.428. The lowest BCUT2D eigenvalue weighted by molar-refractivity contribution is -0.0386. The Morgan fingerprint density at radius 2 is 2.00 bits per heavy atom. The van der Waals surface area contributed by atoms with Crippen molar-refractivity contribution < 1.29 is 4.74 Å². The molecule has 2 aliphatic rings. The lowest BCUT2D eigenvalue weighted by atomic mass is 9.82. The van der Waals surface area contributed by atoms with Crippen molar-refractivity contribution in [1.29, 1.82) is 0 Å². The van der Waals surface area contributed by atoms with Crippen molar-refractivity contribution in [2.24, 2.45) is 11.7 Å². The Kier molecular flexibility index (Phi) is 5.46. The number of nitrogens with two attached hydrogens (primary N) is 1. The Morgan fingerprint density at radius 1 is 1.22 bits per heavy atom. The van der Waals surface area contributed by atoms with Gasteiger partial charge in [0.25, 0.3) is 0 Å². The fourth-order valence-electron chi connectivity index (χ4n) is 3.94. The molecule has 106 valence electrons. The minimum Gasteiger partial charge on any atom is -0.378 e. The Labute approximate surface area is 112 Å². The molecule has 0 amide bonds. The molecule has 1 saturated carbocycles. The van der Waals surface area contributed by atoms with Gasteiger partial charge in [-0.15, -0.1) is 0 Å². The van der Waals surface area contributed by atoms with Crippen LogP contribution in [0.25, 0.3) is 0 Å². The molecule has 1 aliphatic carbocycles. The Hall–Kier alpha value is -0.120. The average molecular weight is 254 g/mol. The maximum atomic E-state index is 5.99. The van der Waals surface area contributed by atoms with Crippen LogP contribution in [0, 0.1) is 5.92 Å². The van der Waals surface area contributed by atoms with E-state index in [1.807, 2.05) is 0 Å². The van der Waals surface area contributed by atoms with Gasteiger partial charge >= 0.3 is 0 Å². The second-order valence-corrected chi connectivity index (χ2v) is 6.04. The average Bonchev–Trinajstić information content (AvgIpc) is 2.40. The summed E-state index contributed by atoms with van der Waals surface area (Å²) in [5.74, 6) is 0.719. The molecule has 2 rings (SSSR count). The highest BCUT2D eigenvalue weighted by Gasteiger charge is 2.34. The summed E-state index contributed by atoms with van der Waals surface area (Å²) >= 11 is 0. The van der Waals surface area contributed by atoms with Crippen LogP contribution in [-0.2, 0) is 4.74 Å². The molecule has 3 nitrogen and oxygen atoms in total. The summed E-state index contributed by atoms with van der Waals surface area (Å²) in [5, 5.41) is 0. The predicted octanol–water partition coefficient (Wildman–Crippen LogP) is 2.39. The van der Waals surface area contributed by atoms with Crippen molar-refractivity contribution in [1.82, 2.24) is 4.90 Å². The highest BCUT2D eigenvalue weighted by molar-refractivity contribution is 4.88. The van der Waals surface area contributed by atoms with Gasteiger partial charge in [-0.1, -0.05) is 19.8 Å². The van der Waals surface area contributed by atoms with Crippen molar-refractivity contribution in [3.63, 3.8) is 0 Å². The van der Waals surface area contributed by atoms with E-state index in [0.29, 0.717) is 6.10 Å². The van der Waals surface area contributed by atoms with E-state index >= 15 is 0 Å². The SMILES string of the molecule is CCN(C1CCOC(C)C1)C1CCCCC1CN. The van der Waals surface area contributed by atoms with Crippen LogP contribution >= 0.6 is 0 Å². The van der Waals surface area contributed by atoms with E-state index in [9.17, 15) is 0 Å². The molecule has 2 N–H and O–H groups in total. The first-order valence-corrected chi connectivity index (χ1v) is 7.83. The van der Waals surface area contributed by atoms with Gasteiger partial charge in [-0.25, -0.2) is 0 Å². The summed E-state index contributed by atoms with van der Waals surface area (Å²) in [5.41, 5.74) is 5.99. The molecule has 4 atom stereocenters. The molecule has 2 fully saturated rings. The number of rotatable bonds is 4. The van der Waals surface area contributed by atoms with E-state index in [4.69, 9.17) is 10.5 Å². The van der Waals surface area contributed by atoms with Crippen LogP contribution in [0.15, 0.2) is 0 Å². The minimum atomic E-state index is 0.428. The molecular formula is C15H30N2O. The second kappa shape index (κ2) is 6.88. The van der Waals surface area contributed by atoms with Crippen LogP contribution in [-0.4, -0.2) is 42.8 Å². The Bertz CT molecular complexity index is 247. The molecular weight excluding hydrogens is 224 g/mol. The lowest BCUT2D eigenvalue weighted by Gasteiger charge is -2.45. The number of nitrogens with zero attached hydrogens (tertiary/aromatic N) is 1. The monoisotopic (exact) mass is 254 g/mol. The molecule has 3 heteroatoms. The van der Waals surface area contributed by atoms with Crippen molar-refractivity contribution in [2.75, 3.05) is 19.7 Å². The van der Waals surface area contributed by atoms with Gasteiger partial charge < -0.3 is 10.5 Å². The summed E-state index contributed by atoms with van der Waals surface area (Å²) in [6.07, 6.45) is 8.26. The van der Waals surface area contributed by atoms with E-state index in [1.165, 1.54) is 45.1 Å². The summed E-state index contributed by atoms with van der Waals surface area (Å²) in [6, 6.07) is 1.44. The van der Waals surface area contributed by atoms with Gasteiger partial charge in [-0.3, -0.25) is 4.90 Å². The first-order chi connectivity index (χ1) is 8.76. The van der Waals surface area contributed by atoms with E-state index < -0.39 is 0 Å². The first kappa shape index (κ1) is 14.3. The van der Waals surface area contributed by atoms with Gasteiger partial charge in [-0.2, -0.15) is 0 Å². The summed E-state index contributed by atoms with van der Waals surface area (Å²) in [6.45, 7) is 7.48. The van der Waals surface area contributed by atoms with E-state index in [0.717, 1.165) is 31.2 Å². The van der Waals surface area contributed by atoms with Gasteiger partial charge in [0.2, 0.25) is 0 Å². The molecule has 0 aromatic carbocycles. The van der Waals surface area contributed by atoms with E-state index in [2.05, 4.69) is 18.7 Å². The smallest absolute Gasteiger partial charge is 0.0561 e. The lowest BCUT2D eigenvalue weighted by Crippen LogP contribution is -2.52. The summed E-state index contributed by atoms with van der Waals surface area (Å²) in [4.78, 5) is 2.75. The first-order valence-electron chi connectivity index (χ1n) is 7.83. The van der Waals surface area contributed by atoms with Crippen LogP contribution in [0.2, 0.25) is 0 Å². The standard InChI is InChI=1S/C15H30N2O/c1-3-17(14-8-9-18-12(2)10-14)15-7-5-4-6-13(15)11-16/h12-15H,3-11,16H2,1-2H3. The van der Waals surface area contributed by atoms with Crippen molar-refractivity contribution in [2.45, 2.75) is 70.6 Å². The van der Waals surface area contributed by atoms with Gasteiger partial charge in [0.1, 0.15) is 0 Å². The third kappa shape index (κ3) is 3.25. The fourth-order valence-corrected chi connectivity index (χ4v) is 3.94. The van der Waals surface area contributed by atoms with Crippen LogP contribution in [0.5, 0.6) is 0 Å². The third-order valence-corrected chi connectivity index (χ3v) is 4.89. The molecule has 18 heavy (non-hydrogen) atoms. The van der Waals surface area contributed by atoms with E-state index in [1.54, 1.807) is 0 Å². The van der Waals surface area contributed by atoms with Crippen molar-refractivity contribution in [3.8, 4) is 0 Å². The maximum absolute atomic E-state index is 5.99. The molecule has 0 aromatic rings. The molecule has 1 saturated heterocycles.